The van der Waals surface area contributed by atoms with Gasteiger partial charge >= 0.3 is 0 Å². The van der Waals surface area contributed by atoms with Crippen LogP contribution in [0.1, 0.15) is 0 Å². The lowest BCUT2D eigenvalue weighted by Gasteiger charge is -2.30. The standard InChI is InChI=1S/C25H24N2OP.ClHO4/c26-20-25(21-27-16-18-28-19-17-27)29(22-10-4-1-5-11-22,23-12-6-2-7-13-23)24-14-8-3-9-15-24;2-1(3,4)5/h1-15,21H,16-19H2;(H,2,3,4,5)/q+1;. The number of halogens is 1. The molecule has 0 amide bonds. The minimum Gasteiger partial charge on any atom is -0.378 e. The molecule has 34 heavy (non-hydrogen) atoms. The van der Waals surface area contributed by atoms with Crippen LogP contribution >= 0.6 is 7.26 Å². The van der Waals surface area contributed by atoms with Gasteiger partial charge in [-0.1, -0.05) is 54.6 Å². The van der Waals surface area contributed by atoms with Crippen LogP contribution in [-0.2, 0) is 4.74 Å². The van der Waals surface area contributed by atoms with Gasteiger partial charge in [-0.05, 0) is 36.4 Å². The van der Waals surface area contributed by atoms with Gasteiger partial charge in [-0.15, -0.1) is 0 Å². The number of morpholine rings is 1. The number of rotatable bonds is 5. The highest BCUT2D eigenvalue weighted by Gasteiger charge is 2.50. The lowest BCUT2D eigenvalue weighted by atomic mass is 10.3. The molecular weight excluding hydrogens is 475 g/mol. The molecule has 9 heteroatoms. The summed E-state index contributed by atoms with van der Waals surface area (Å²) in [4.78, 5) is 2.23. The van der Waals surface area contributed by atoms with Gasteiger partial charge in [-0.3, -0.25) is 0 Å². The van der Waals surface area contributed by atoms with Gasteiger partial charge in [0.25, 0.3) is 0 Å². The highest BCUT2D eigenvalue weighted by atomic mass is 35.7. The second-order valence-corrected chi connectivity index (χ2v) is 11.5. The van der Waals surface area contributed by atoms with Crippen LogP contribution in [0, 0.1) is 21.6 Å². The first-order valence-electron chi connectivity index (χ1n) is 10.5. The van der Waals surface area contributed by atoms with E-state index in [4.69, 9.17) is 23.4 Å². The van der Waals surface area contributed by atoms with E-state index in [9.17, 15) is 5.26 Å². The molecule has 0 spiro atoms. The van der Waals surface area contributed by atoms with Gasteiger partial charge in [0.15, 0.2) is 7.26 Å². The quantitative estimate of drug-likeness (QED) is 0.372. The summed E-state index contributed by atoms with van der Waals surface area (Å²) in [6.07, 6.45) is 2.09. The first kappa shape index (κ1) is 25.8. The van der Waals surface area contributed by atoms with Crippen molar-refractivity contribution in [2.24, 2.45) is 0 Å². The Morgan fingerprint density at radius 2 is 1.18 bits per heavy atom. The molecule has 0 radical (unpaired) electrons. The molecule has 1 aliphatic heterocycles. The van der Waals surface area contributed by atoms with E-state index in [1.807, 2.05) is 18.2 Å². The average molecular weight is 500 g/mol. The Bertz CT molecular complexity index is 994. The summed E-state index contributed by atoms with van der Waals surface area (Å²) in [5.41, 5.74) is 0. The molecule has 7 nitrogen and oxygen atoms in total. The maximum Gasteiger partial charge on any atom is 0.201 e. The van der Waals surface area contributed by atoms with Crippen LogP contribution in [-0.4, -0.2) is 35.9 Å². The zero-order valence-corrected chi connectivity index (χ0v) is 20.0. The zero-order valence-electron chi connectivity index (χ0n) is 18.4. The third kappa shape index (κ3) is 6.63. The Labute approximate surface area is 201 Å². The highest BCUT2D eigenvalue weighted by Crippen LogP contribution is 2.62. The predicted molar refractivity (Wildman–Crippen MR) is 123 cm³/mol. The Kier molecular flexibility index (Phi) is 9.17. The second-order valence-electron chi connectivity index (χ2n) is 7.35. The SMILES string of the molecule is N#CC(=CN1CCOCC1)[P+](c1ccccc1)(c1ccccc1)c1ccccc1.[O-][Cl+3]([O-])([O-])O. The van der Waals surface area contributed by atoms with Crippen LogP contribution in [0.4, 0.5) is 0 Å². The van der Waals surface area contributed by atoms with E-state index in [1.165, 1.54) is 15.9 Å². The number of nitriles is 1. The topological polar surface area (TPSA) is 126 Å². The van der Waals surface area contributed by atoms with Crippen molar-refractivity contribution in [3.8, 4) is 6.07 Å². The van der Waals surface area contributed by atoms with Crippen LogP contribution in [0.5, 0.6) is 0 Å². The largest absolute Gasteiger partial charge is 0.378 e. The molecule has 0 aliphatic carbocycles. The van der Waals surface area contributed by atoms with Crippen LogP contribution in [0.25, 0.3) is 0 Å². The van der Waals surface area contributed by atoms with Gasteiger partial charge in [0, 0.05) is 13.1 Å². The summed E-state index contributed by atoms with van der Waals surface area (Å²) in [6, 6.07) is 34.1. The number of allylic oxidation sites excluding steroid dienone is 1. The maximum absolute atomic E-state index is 10.4. The van der Waals surface area contributed by atoms with Crippen molar-refractivity contribution in [3.05, 3.63) is 103 Å². The molecule has 3 aromatic rings. The molecule has 0 saturated carbocycles. The first-order valence-corrected chi connectivity index (χ1v) is 13.5. The van der Waals surface area contributed by atoms with E-state index in [1.54, 1.807) is 0 Å². The minimum absolute atomic E-state index is 0.697. The van der Waals surface area contributed by atoms with Crippen LogP contribution in [0.3, 0.4) is 0 Å². The molecule has 0 unspecified atom stereocenters. The third-order valence-electron chi connectivity index (χ3n) is 5.26. The zero-order chi connectivity index (χ0) is 24.4. The van der Waals surface area contributed by atoms with Crippen molar-refractivity contribution in [2.75, 3.05) is 26.3 Å². The molecule has 4 rings (SSSR count). The van der Waals surface area contributed by atoms with Gasteiger partial charge < -0.3 is 9.64 Å². The van der Waals surface area contributed by atoms with Gasteiger partial charge in [-0.2, -0.15) is 19.2 Å². The van der Waals surface area contributed by atoms with Gasteiger partial charge in [0.05, 0.1) is 34.3 Å². The summed E-state index contributed by atoms with van der Waals surface area (Å²) in [6.45, 7) is 3.01. The maximum atomic E-state index is 10.4. The first-order chi connectivity index (χ1) is 16.4. The van der Waals surface area contributed by atoms with Gasteiger partial charge in [-0.25, -0.2) is 0 Å². The van der Waals surface area contributed by atoms with Crippen LogP contribution in [0.15, 0.2) is 103 Å². The molecule has 176 valence electrons. The lowest BCUT2D eigenvalue weighted by molar-refractivity contribution is -1.92. The van der Waals surface area contributed by atoms with E-state index in [-0.39, 0.29) is 0 Å². The fourth-order valence-electron chi connectivity index (χ4n) is 3.89. The van der Waals surface area contributed by atoms with Crippen LogP contribution < -0.4 is 29.9 Å². The molecule has 0 atom stereocenters. The molecule has 0 aromatic heterocycles. The smallest absolute Gasteiger partial charge is 0.201 e. The van der Waals surface area contributed by atoms with E-state index in [2.05, 4.69) is 90.0 Å². The molecule has 0 bridgehead atoms. The summed E-state index contributed by atoms with van der Waals surface area (Å²) in [7, 11) is -7.01. The Morgan fingerprint density at radius 1 is 0.824 bits per heavy atom. The fraction of sp³-hybridized carbons (Fsp3) is 0.160. The summed E-state index contributed by atoms with van der Waals surface area (Å²) < 4.78 is 38.2. The number of benzene rings is 3. The molecule has 3 aromatic carbocycles. The van der Waals surface area contributed by atoms with Crippen molar-refractivity contribution < 1.29 is 33.6 Å². The number of nitrogens with zero attached hydrogens (tertiary/aromatic N) is 2. The Hall–Kier alpha value is -2.79. The van der Waals surface area contributed by atoms with E-state index in [0.717, 1.165) is 18.4 Å². The van der Waals surface area contributed by atoms with Crippen LogP contribution in [0.2, 0.25) is 0 Å². The molecule has 1 aliphatic rings. The van der Waals surface area contributed by atoms with E-state index < -0.39 is 17.5 Å². The second kappa shape index (κ2) is 12.1. The Balaban J connectivity index is 0.000000588. The monoisotopic (exact) mass is 499 g/mol. The third-order valence-corrected chi connectivity index (χ3v) is 9.41. The highest BCUT2D eigenvalue weighted by molar-refractivity contribution is 7.99. The molecule has 1 saturated heterocycles. The van der Waals surface area contributed by atoms with Crippen molar-refractivity contribution >= 4 is 23.2 Å². The molecule has 1 fully saturated rings. The molecular formula is C25H25ClN2O5P+. The summed E-state index contributed by atoms with van der Waals surface area (Å²) in [5, 5.41) is 14.8. The average Bonchev–Trinajstić information content (AvgIpc) is 2.85. The number of ether oxygens (including phenoxy) is 1. The number of hydrogen-bond donors (Lipinski definition) is 1. The lowest BCUT2D eigenvalue weighted by Crippen LogP contribution is -2.58. The number of hydrogen-bond acceptors (Lipinski definition) is 7. The van der Waals surface area contributed by atoms with Gasteiger partial charge in [0.2, 0.25) is 5.31 Å². The molecule has 1 heterocycles. The van der Waals surface area contributed by atoms with Crippen molar-refractivity contribution in [2.45, 2.75) is 0 Å². The predicted octanol–water partition coefficient (Wildman–Crippen LogP) is -0.446. The summed E-state index contributed by atoms with van der Waals surface area (Å²) >= 11 is 0. The summed E-state index contributed by atoms with van der Waals surface area (Å²) in [5.74, 6) is 0. The van der Waals surface area contributed by atoms with Crippen molar-refractivity contribution in [3.63, 3.8) is 0 Å². The Morgan fingerprint density at radius 3 is 1.50 bits per heavy atom. The fourth-order valence-corrected chi connectivity index (χ4v) is 7.96. The van der Waals surface area contributed by atoms with Gasteiger partial charge in [0.1, 0.15) is 22.0 Å². The van der Waals surface area contributed by atoms with E-state index >= 15 is 0 Å². The van der Waals surface area contributed by atoms with Crippen molar-refractivity contribution in [1.82, 2.24) is 4.90 Å². The van der Waals surface area contributed by atoms with Crippen molar-refractivity contribution in [1.29, 1.82) is 5.26 Å². The normalized spacial score (nSPS) is 14.6. The minimum atomic E-state index is -4.69. The molecule has 1 N–H and O–H groups in total. The van der Waals surface area contributed by atoms with E-state index in [0.29, 0.717) is 13.2 Å².